The maximum atomic E-state index is 5.38. The van der Waals surface area contributed by atoms with Gasteiger partial charge in [0.05, 0.1) is 17.6 Å². The van der Waals surface area contributed by atoms with Crippen molar-refractivity contribution >= 4 is 15.9 Å². The number of aromatic nitrogens is 2. The number of rotatable bonds is 3. The summed E-state index contributed by atoms with van der Waals surface area (Å²) in [6, 6.07) is 5.93. The van der Waals surface area contributed by atoms with Gasteiger partial charge in [-0.05, 0) is 53.5 Å². The molecule has 20 heavy (non-hydrogen) atoms. The quantitative estimate of drug-likeness (QED) is 0.930. The topological polar surface area (TPSA) is 60.2 Å². The molecule has 1 aliphatic heterocycles. The standard InChI is InChI=1S/C14H16BrN3O2/c1-19-12-6-5-9(8-10(12)15)13-17-14(20-18-13)11-4-2-3-7-16-11/h5-6,8,11,16H,2-4,7H2,1H3. The molecule has 1 aromatic heterocycles. The highest BCUT2D eigenvalue weighted by atomic mass is 79.9. The summed E-state index contributed by atoms with van der Waals surface area (Å²) in [6.07, 6.45) is 3.46. The van der Waals surface area contributed by atoms with E-state index in [9.17, 15) is 0 Å². The van der Waals surface area contributed by atoms with Gasteiger partial charge in [0.25, 0.3) is 0 Å². The number of nitrogens with zero attached hydrogens (tertiary/aromatic N) is 2. The molecule has 1 atom stereocenters. The Morgan fingerprint density at radius 2 is 2.30 bits per heavy atom. The molecular weight excluding hydrogens is 322 g/mol. The van der Waals surface area contributed by atoms with E-state index >= 15 is 0 Å². The lowest BCUT2D eigenvalue weighted by Crippen LogP contribution is -2.26. The van der Waals surface area contributed by atoms with Gasteiger partial charge >= 0.3 is 0 Å². The van der Waals surface area contributed by atoms with Crippen LogP contribution in [0.1, 0.15) is 31.2 Å². The Kier molecular flexibility index (Phi) is 4.03. The third-order valence-electron chi connectivity index (χ3n) is 3.46. The van der Waals surface area contributed by atoms with Crippen LogP contribution in [-0.4, -0.2) is 23.8 Å². The molecular formula is C14H16BrN3O2. The zero-order valence-electron chi connectivity index (χ0n) is 11.2. The summed E-state index contributed by atoms with van der Waals surface area (Å²) in [6.45, 7) is 1.01. The van der Waals surface area contributed by atoms with Crippen LogP contribution in [0.4, 0.5) is 0 Å². The van der Waals surface area contributed by atoms with Crippen LogP contribution >= 0.6 is 15.9 Å². The van der Waals surface area contributed by atoms with E-state index in [1.165, 1.54) is 12.8 Å². The number of nitrogens with one attached hydrogen (secondary N) is 1. The molecule has 3 rings (SSSR count). The number of hydrogen-bond donors (Lipinski definition) is 1. The van der Waals surface area contributed by atoms with Crippen molar-refractivity contribution in [2.45, 2.75) is 25.3 Å². The monoisotopic (exact) mass is 337 g/mol. The lowest BCUT2D eigenvalue weighted by Gasteiger charge is -2.19. The predicted octanol–water partition coefficient (Wildman–Crippen LogP) is 3.32. The maximum Gasteiger partial charge on any atom is 0.244 e. The molecule has 1 unspecified atom stereocenters. The second kappa shape index (κ2) is 5.93. The molecule has 1 aliphatic rings. The van der Waals surface area contributed by atoms with E-state index in [-0.39, 0.29) is 6.04 Å². The van der Waals surface area contributed by atoms with Crippen LogP contribution in [0.3, 0.4) is 0 Å². The Bertz CT molecular complexity index is 594. The van der Waals surface area contributed by atoms with Crippen LogP contribution in [0.5, 0.6) is 5.75 Å². The maximum absolute atomic E-state index is 5.38. The highest BCUT2D eigenvalue weighted by Gasteiger charge is 2.21. The summed E-state index contributed by atoms with van der Waals surface area (Å²) >= 11 is 3.46. The molecule has 106 valence electrons. The Morgan fingerprint density at radius 1 is 1.40 bits per heavy atom. The smallest absolute Gasteiger partial charge is 0.244 e. The van der Waals surface area contributed by atoms with E-state index in [4.69, 9.17) is 9.26 Å². The van der Waals surface area contributed by atoms with Crippen molar-refractivity contribution in [3.05, 3.63) is 28.6 Å². The van der Waals surface area contributed by atoms with Crippen LogP contribution < -0.4 is 10.1 Å². The van der Waals surface area contributed by atoms with Crippen molar-refractivity contribution in [3.8, 4) is 17.1 Å². The SMILES string of the molecule is COc1ccc(-c2noc(C3CCCCN3)n2)cc1Br. The van der Waals surface area contributed by atoms with Gasteiger partial charge in [0.2, 0.25) is 11.7 Å². The average molecular weight is 338 g/mol. The van der Waals surface area contributed by atoms with E-state index in [2.05, 4.69) is 31.4 Å². The molecule has 0 amide bonds. The number of benzene rings is 1. The van der Waals surface area contributed by atoms with Gasteiger partial charge in [0.1, 0.15) is 5.75 Å². The van der Waals surface area contributed by atoms with Crippen LogP contribution in [-0.2, 0) is 0 Å². The van der Waals surface area contributed by atoms with E-state index in [0.717, 1.165) is 28.8 Å². The lowest BCUT2D eigenvalue weighted by molar-refractivity contribution is 0.297. The summed E-state index contributed by atoms with van der Waals surface area (Å²) in [4.78, 5) is 4.50. The highest BCUT2D eigenvalue weighted by Crippen LogP contribution is 2.30. The Balaban J connectivity index is 1.84. The minimum Gasteiger partial charge on any atom is -0.496 e. The first-order chi connectivity index (χ1) is 9.78. The van der Waals surface area contributed by atoms with Crippen molar-refractivity contribution in [1.29, 1.82) is 0 Å². The summed E-state index contributed by atoms with van der Waals surface area (Å²) in [7, 11) is 1.64. The van der Waals surface area contributed by atoms with Crippen molar-refractivity contribution in [3.63, 3.8) is 0 Å². The first-order valence-corrected chi connectivity index (χ1v) is 7.48. The van der Waals surface area contributed by atoms with Gasteiger partial charge in [-0.3, -0.25) is 0 Å². The molecule has 1 saturated heterocycles. The number of ether oxygens (including phenoxy) is 1. The predicted molar refractivity (Wildman–Crippen MR) is 78.6 cm³/mol. The van der Waals surface area contributed by atoms with Gasteiger partial charge in [-0.15, -0.1) is 0 Å². The Hall–Kier alpha value is -1.40. The fraction of sp³-hybridized carbons (Fsp3) is 0.429. The van der Waals surface area contributed by atoms with Crippen molar-refractivity contribution in [2.75, 3.05) is 13.7 Å². The van der Waals surface area contributed by atoms with E-state index in [0.29, 0.717) is 11.7 Å². The molecule has 1 N–H and O–H groups in total. The van der Waals surface area contributed by atoms with Crippen LogP contribution in [0, 0.1) is 0 Å². The Labute approximate surface area is 125 Å². The van der Waals surface area contributed by atoms with Crippen molar-refractivity contribution in [2.24, 2.45) is 0 Å². The lowest BCUT2D eigenvalue weighted by atomic mass is 10.1. The Morgan fingerprint density at radius 3 is 3.00 bits per heavy atom. The van der Waals surface area contributed by atoms with Crippen molar-refractivity contribution in [1.82, 2.24) is 15.5 Å². The zero-order valence-corrected chi connectivity index (χ0v) is 12.8. The number of methoxy groups -OCH3 is 1. The normalized spacial score (nSPS) is 19.0. The summed E-state index contributed by atoms with van der Waals surface area (Å²) in [5.74, 6) is 2.06. The molecule has 0 spiro atoms. The number of piperidine rings is 1. The second-order valence-electron chi connectivity index (χ2n) is 4.81. The second-order valence-corrected chi connectivity index (χ2v) is 5.66. The molecule has 2 aromatic rings. The molecule has 2 heterocycles. The van der Waals surface area contributed by atoms with Crippen LogP contribution in [0.25, 0.3) is 11.4 Å². The third-order valence-corrected chi connectivity index (χ3v) is 4.08. The van der Waals surface area contributed by atoms with Gasteiger partial charge < -0.3 is 14.6 Å². The molecule has 1 fully saturated rings. The third kappa shape index (κ3) is 2.71. The molecule has 0 saturated carbocycles. The minimum atomic E-state index is 0.187. The fourth-order valence-electron chi connectivity index (χ4n) is 2.36. The first kappa shape index (κ1) is 13.6. The molecule has 0 aliphatic carbocycles. The summed E-state index contributed by atoms with van der Waals surface area (Å²) in [5, 5.41) is 7.47. The highest BCUT2D eigenvalue weighted by molar-refractivity contribution is 9.10. The molecule has 0 radical (unpaired) electrons. The minimum absolute atomic E-state index is 0.187. The van der Waals surface area contributed by atoms with Gasteiger partial charge in [-0.2, -0.15) is 4.98 Å². The molecule has 6 heteroatoms. The van der Waals surface area contributed by atoms with Gasteiger partial charge in [0, 0.05) is 5.56 Å². The average Bonchev–Trinajstić information content (AvgIpc) is 2.98. The largest absolute Gasteiger partial charge is 0.496 e. The number of hydrogen-bond acceptors (Lipinski definition) is 5. The molecule has 1 aromatic carbocycles. The van der Waals surface area contributed by atoms with E-state index < -0.39 is 0 Å². The van der Waals surface area contributed by atoms with Gasteiger partial charge in [0.15, 0.2) is 0 Å². The zero-order chi connectivity index (χ0) is 13.9. The number of halogens is 1. The fourth-order valence-corrected chi connectivity index (χ4v) is 2.90. The van der Waals surface area contributed by atoms with Crippen molar-refractivity contribution < 1.29 is 9.26 Å². The molecule has 0 bridgehead atoms. The van der Waals surface area contributed by atoms with Crippen LogP contribution in [0.2, 0.25) is 0 Å². The van der Waals surface area contributed by atoms with Gasteiger partial charge in [-0.25, -0.2) is 0 Å². The molecule has 5 nitrogen and oxygen atoms in total. The van der Waals surface area contributed by atoms with E-state index in [1.807, 2.05) is 18.2 Å². The summed E-state index contributed by atoms with van der Waals surface area (Å²) in [5.41, 5.74) is 0.906. The summed E-state index contributed by atoms with van der Waals surface area (Å²) < 4.78 is 11.5. The first-order valence-electron chi connectivity index (χ1n) is 6.69. The van der Waals surface area contributed by atoms with E-state index in [1.54, 1.807) is 7.11 Å². The van der Waals surface area contributed by atoms with Crippen LogP contribution in [0.15, 0.2) is 27.2 Å². The van der Waals surface area contributed by atoms with Gasteiger partial charge in [-0.1, -0.05) is 11.6 Å².